The number of hydrogen-bond acceptors (Lipinski definition) is 5. The number of hydrazine groups is 1. The predicted molar refractivity (Wildman–Crippen MR) is 122 cm³/mol. The Morgan fingerprint density at radius 3 is 2.81 bits per heavy atom. The van der Waals surface area contributed by atoms with Crippen LogP contribution in [0.4, 0.5) is 10.1 Å². The van der Waals surface area contributed by atoms with Crippen LogP contribution in [-0.2, 0) is 11.3 Å². The maximum atomic E-state index is 14.2. The predicted octanol–water partition coefficient (Wildman–Crippen LogP) is 4.66. The number of ether oxygens (including phenoxy) is 2. The van der Waals surface area contributed by atoms with Gasteiger partial charge < -0.3 is 14.6 Å². The van der Waals surface area contributed by atoms with Crippen molar-refractivity contribution < 1.29 is 19.0 Å². The Balaban J connectivity index is 1.25. The average molecular weight is 435 g/mol. The standard InChI is InChI=1S/C26H27FN2O3/c1-28-16-19-4-2-3-5-25(19)29(28)22-8-6-18(7-9-22)17-32-24-13-20(12-21(27)14-24)26-15-23(30)10-11-31-26/h2-9,12-14,16,23,25-26,30H,10-11,15,17H2,1H3. The molecule has 1 saturated heterocycles. The monoisotopic (exact) mass is 434 g/mol. The first-order valence-electron chi connectivity index (χ1n) is 11.0. The van der Waals surface area contributed by atoms with Gasteiger partial charge in [-0.15, -0.1) is 0 Å². The van der Waals surface area contributed by atoms with Gasteiger partial charge in [0.2, 0.25) is 0 Å². The molecule has 1 N–H and O–H groups in total. The number of nitrogens with zero attached hydrogens (tertiary/aromatic N) is 2. The first kappa shape index (κ1) is 20.8. The largest absolute Gasteiger partial charge is 0.489 e. The molecule has 32 heavy (non-hydrogen) atoms. The Hall–Kier alpha value is -3.09. The molecular formula is C26H27FN2O3. The molecule has 1 aliphatic carbocycles. The topological polar surface area (TPSA) is 45.2 Å². The highest BCUT2D eigenvalue weighted by molar-refractivity contribution is 5.56. The van der Waals surface area contributed by atoms with Crippen molar-refractivity contribution in [2.24, 2.45) is 0 Å². The highest BCUT2D eigenvalue weighted by Crippen LogP contribution is 2.33. The summed E-state index contributed by atoms with van der Waals surface area (Å²) in [5.74, 6) is 0.0893. The van der Waals surface area contributed by atoms with E-state index in [2.05, 4.69) is 52.7 Å². The Morgan fingerprint density at radius 1 is 1.16 bits per heavy atom. The van der Waals surface area contributed by atoms with E-state index in [-0.39, 0.29) is 18.0 Å². The number of benzene rings is 2. The van der Waals surface area contributed by atoms with Crippen LogP contribution in [0.1, 0.15) is 30.1 Å². The summed E-state index contributed by atoms with van der Waals surface area (Å²) in [5, 5.41) is 14.2. The zero-order valence-corrected chi connectivity index (χ0v) is 18.0. The summed E-state index contributed by atoms with van der Waals surface area (Å²) in [7, 11) is 2.04. The summed E-state index contributed by atoms with van der Waals surface area (Å²) in [6.07, 6.45) is 10.9. The number of hydrogen-bond donors (Lipinski definition) is 1. The van der Waals surface area contributed by atoms with Gasteiger partial charge in [0.1, 0.15) is 18.2 Å². The number of aliphatic hydroxyl groups excluding tert-OH is 1. The lowest BCUT2D eigenvalue weighted by molar-refractivity contribution is -0.0449. The van der Waals surface area contributed by atoms with Crippen molar-refractivity contribution in [1.29, 1.82) is 0 Å². The molecule has 0 bridgehead atoms. The van der Waals surface area contributed by atoms with Gasteiger partial charge in [0.15, 0.2) is 0 Å². The second-order valence-electron chi connectivity index (χ2n) is 8.45. The number of aliphatic hydroxyl groups is 1. The molecule has 1 fully saturated rings. The zero-order valence-electron chi connectivity index (χ0n) is 18.0. The number of fused-ring (bicyclic) bond motifs is 1. The van der Waals surface area contributed by atoms with Crippen molar-refractivity contribution in [3.63, 3.8) is 0 Å². The van der Waals surface area contributed by atoms with Gasteiger partial charge in [-0.1, -0.05) is 36.4 Å². The fourth-order valence-corrected chi connectivity index (χ4v) is 4.48. The molecular weight excluding hydrogens is 407 g/mol. The summed E-state index contributed by atoms with van der Waals surface area (Å²) in [4.78, 5) is 0. The van der Waals surface area contributed by atoms with Crippen LogP contribution in [-0.4, -0.2) is 35.9 Å². The van der Waals surface area contributed by atoms with Gasteiger partial charge in [0, 0.05) is 32.3 Å². The van der Waals surface area contributed by atoms with Gasteiger partial charge in [0.05, 0.1) is 23.9 Å². The molecule has 3 unspecified atom stereocenters. The molecule has 5 rings (SSSR count). The molecule has 0 saturated carbocycles. The van der Waals surface area contributed by atoms with E-state index in [0.29, 0.717) is 37.4 Å². The molecule has 3 aliphatic rings. The van der Waals surface area contributed by atoms with E-state index in [1.165, 1.54) is 17.7 Å². The third-order valence-electron chi connectivity index (χ3n) is 6.10. The Kier molecular flexibility index (Phi) is 5.72. The van der Waals surface area contributed by atoms with Crippen LogP contribution < -0.4 is 9.75 Å². The van der Waals surface area contributed by atoms with Crippen LogP contribution >= 0.6 is 0 Å². The molecule has 0 radical (unpaired) electrons. The number of allylic oxidation sites excluding steroid dienone is 2. The molecule has 0 spiro atoms. The van der Waals surface area contributed by atoms with Gasteiger partial charge in [-0.2, -0.15) is 0 Å². The molecule has 2 aromatic carbocycles. The SMILES string of the molecule is CN1C=C2C=CC=CC2N1c1ccc(COc2cc(F)cc(C3CC(O)CCO3)c2)cc1. The number of rotatable bonds is 5. The van der Waals surface area contributed by atoms with Crippen molar-refractivity contribution in [3.05, 3.63) is 95.5 Å². The lowest BCUT2D eigenvalue weighted by Gasteiger charge is -2.32. The molecule has 0 aromatic heterocycles. The lowest BCUT2D eigenvalue weighted by Crippen LogP contribution is -2.39. The fourth-order valence-electron chi connectivity index (χ4n) is 4.48. The van der Waals surface area contributed by atoms with E-state index in [0.717, 1.165) is 11.3 Å². The zero-order chi connectivity index (χ0) is 22.1. The van der Waals surface area contributed by atoms with Gasteiger partial charge in [-0.3, -0.25) is 10.0 Å². The van der Waals surface area contributed by atoms with Crippen molar-refractivity contribution in [2.45, 2.75) is 37.7 Å². The van der Waals surface area contributed by atoms with Crippen LogP contribution in [0.5, 0.6) is 5.75 Å². The van der Waals surface area contributed by atoms with E-state index in [1.807, 2.05) is 19.2 Å². The Bertz CT molecular complexity index is 1060. The Morgan fingerprint density at radius 2 is 2.00 bits per heavy atom. The van der Waals surface area contributed by atoms with Crippen LogP contribution in [0.15, 0.2) is 78.5 Å². The van der Waals surface area contributed by atoms with Crippen LogP contribution in [0, 0.1) is 5.82 Å². The van der Waals surface area contributed by atoms with E-state index >= 15 is 0 Å². The van der Waals surface area contributed by atoms with Gasteiger partial charge in [-0.05, 0) is 47.4 Å². The molecule has 2 heterocycles. The maximum absolute atomic E-state index is 14.2. The third kappa shape index (κ3) is 4.29. The first-order chi connectivity index (χ1) is 15.6. The Labute approximate surface area is 187 Å². The third-order valence-corrected chi connectivity index (χ3v) is 6.10. The van der Waals surface area contributed by atoms with E-state index < -0.39 is 6.10 Å². The van der Waals surface area contributed by atoms with E-state index in [4.69, 9.17) is 9.47 Å². The summed E-state index contributed by atoms with van der Waals surface area (Å²) < 4.78 is 25.8. The smallest absolute Gasteiger partial charge is 0.127 e. The molecule has 3 atom stereocenters. The highest BCUT2D eigenvalue weighted by atomic mass is 19.1. The molecule has 0 amide bonds. The van der Waals surface area contributed by atoms with Crippen LogP contribution in [0.3, 0.4) is 0 Å². The minimum atomic E-state index is -0.416. The first-order valence-corrected chi connectivity index (χ1v) is 11.0. The van der Waals surface area contributed by atoms with Gasteiger partial charge in [0.25, 0.3) is 0 Å². The quantitative estimate of drug-likeness (QED) is 0.742. The fraction of sp³-hybridized carbons (Fsp3) is 0.308. The maximum Gasteiger partial charge on any atom is 0.127 e. The van der Waals surface area contributed by atoms with E-state index in [1.54, 1.807) is 6.07 Å². The molecule has 5 nitrogen and oxygen atoms in total. The highest BCUT2D eigenvalue weighted by Gasteiger charge is 2.29. The summed E-state index contributed by atoms with van der Waals surface area (Å²) >= 11 is 0. The second kappa shape index (κ2) is 8.81. The van der Waals surface area contributed by atoms with E-state index in [9.17, 15) is 9.50 Å². The molecule has 6 heteroatoms. The molecule has 2 aromatic rings. The molecule has 2 aliphatic heterocycles. The average Bonchev–Trinajstić information content (AvgIpc) is 3.13. The summed E-state index contributed by atoms with van der Waals surface area (Å²) in [6, 6.07) is 13.1. The lowest BCUT2D eigenvalue weighted by atomic mass is 9.99. The number of halogens is 1. The van der Waals surface area contributed by atoms with Crippen molar-refractivity contribution in [2.75, 3.05) is 18.7 Å². The van der Waals surface area contributed by atoms with Gasteiger partial charge >= 0.3 is 0 Å². The normalized spacial score (nSPS) is 24.5. The van der Waals surface area contributed by atoms with Crippen molar-refractivity contribution in [1.82, 2.24) is 5.01 Å². The van der Waals surface area contributed by atoms with Crippen molar-refractivity contribution in [3.8, 4) is 5.75 Å². The van der Waals surface area contributed by atoms with Gasteiger partial charge in [-0.25, -0.2) is 4.39 Å². The van der Waals surface area contributed by atoms with Crippen LogP contribution in [0.2, 0.25) is 0 Å². The molecule has 166 valence electrons. The minimum absolute atomic E-state index is 0.207. The van der Waals surface area contributed by atoms with Crippen molar-refractivity contribution >= 4 is 5.69 Å². The minimum Gasteiger partial charge on any atom is -0.489 e. The second-order valence-corrected chi connectivity index (χ2v) is 8.45. The summed E-state index contributed by atoms with van der Waals surface area (Å²) in [5.41, 5.74) is 4.05. The van der Waals surface area contributed by atoms with Crippen LogP contribution in [0.25, 0.3) is 0 Å². The summed E-state index contributed by atoms with van der Waals surface area (Å²) in [6.45, 7) is 0.809. The number of anilines is 1.